The summed E-state index contributed by atoms with van der Waals surface area (Å²) in [7, 11) is 0. The van der Waals surface area contributed by atoms with Gasteiger partial charge in [-0.25, -0.2) is 0 Å². The van der Waals surface area contributed by atoms with Crippen molar-refractivity contribution < 1.29 is 9.72 Å². The van der Waals surface area contributed by atoms with E-state index < -0.39 is 4.92 Å². The topological polar surface area (TPSA) is 75.5 Å². The third-order valence-corrected chi connectivity index (χ3v) is 5.15. The van der Waals surface area contributed by atoms with Gasteiger partial charge in [0.1, 0.15) is 5.69 Å². The number of benzene rings is 2. The van der Waals surface area contributed by atoms with Gasteiger partial charge < -0.3 is 5.32 Å². The number of nitrogens with one attached hydrogen (secondary N) is 1. The fourth-order valence-electron chi connectivity index (χ4n) is 3.23. The maximum absolute atomic E-state index is 12.4. The van der Waals surface area contributed by atoms with Crippen LogP contribution >= 0.6 is 23.2 Å². The summed E-state index contributed by atoms with van der Waals surface area (Å²) in [4.78, 5) is 25.0. The van der Waals surface area contributed by atoms with Gasteiger partial charge >= 0.3 is 0 Å². The monoisotopic (exact) mass is 393 g/mol. The summed E-state index contributed by atoms with van der Waals surface area (Å²) < 4.78 is 0. The maximum Gasteiger partial charge on any atom is 0.292 e. The summed E-state index contributed by atoms with van der Waals surface area (Å²) in [6.07, 6.45) is 1.88. The van der Waals surface area contributed by atoms with Crippen LogP contribution in [0.4, 0.5) is 11.4 Å². The van der Waals surface area contributed by atoms with E-state index in [0.29, 0.717) is 10.0 Å². The lowest BCUT2D eigenvalue weighted by Gasteiger charge is -2.24. The number of hydrogen-bond acceptors (Lipinski definition) is 4. The highest BCUT2D eigenvalue weighted by Gasteiger charge is 2.28. The molecule has 1 heterocycles. The number of nitro benzene ring substituents is 1. The minimum atomic E-state index is -0.510. The van der Waals surface area contributed by atoms with Crippen LogP contribution in [0.3, 0.4) is 0 Å². The quantitative estimate of drug-likeness (QED) is 0.590. The molecule has 1 N–H and O–H groups in total. The number of carbonyl (C=O) groups is 1. The summed E-state index contributed by atoms with van der Waals surface area (Å²) in [5.41, 5.74) is 1.09. The van der Waals surface area contributed by atoms with E-state index in [1.807, 2.05) is 17.0 Å². The van der Waals surface area contributed by atoms with Crippen molar-refractivity contribution >= 4 is 40.5 Å². The molecule has 2 aromatic rings. The highest BCUT2D eigenvalue weighted by atomic mass is 35.5. The van der Waals surface area contributed by atoms with Gasteiger partial charge in [-0.15, -0.1) is 0 Å². The molecule has 1 aliphatic rings. The third kappa shape index (κ3) is 4.15. The van der Waals surface area contributed by atoms with Crippen LogP contribution in [0.2, 0.25) is 10.0 Å². The van der Waals surface area contributed by atoms with Crippen molar-refractivity contribution in [3.63, 3.8) is 0 Å². The Balaban J connectivity index is 1.70. The first-order valence-corrected chi connectivity index (χ1v) is 8.93. The van der Waals surface area contributed by atoms with Crippen LogP contribution in [0.25, 0.3) is 0 Å². The van der Waals surface area contributed by atoms with Crippen molar-refractivity contribution in [1.82, 2.24) is 4.90 Å². The van der Waals surface area contributed by atoms with Crippen LogP contribution in [-0.2, 0) is 4.79 Å². The molecule has 2 aromatic carbocycles. The highest BCUT2D eigenvalue weighted by molar-refractivity contribution is 6.42. The number of nitrogens with zero attached hydrogens (tertiary/aromatic N) is 2. The summed E-state index contributed by atoms with van der Waals surface area (Å²) in [5, 5.41) is 14.7. The van der Waals surface area contributed by atoms with Gasteiger partial charge in [0.15, 0.2) is 0 Å². The molecule has 0 radical (unpaired) electrons. The number of para-hydroxylation sites is 2. The molecule has 8 heteroatoms. The largest absolute Gasteiger partial charge is 0.319 e. The van der Waals surface area contributed by atoms with Gasteiger partial charge in [0.05, 0.1) is 21.5 Å². The lowest BCUT2D eigenvalue weighted by Crippen LogP contribution is -2.33. The van der Waals surface area contributed by atoms with E-state index in [4.69, 9.17) is 23.2 Å². The Morgan fingerprint density at radius 1 is 1.23 bits per heavy atom. The molecule has 6 nitrogen and oxygen atoms in total. The zero-order valence-corrected chi connectivity index (χ0v) is 15.3. The first kappa shape index (κ1) is 18.6. The van der Waals surface area contributed by atoms with E-state index in [9.17, 15) is 14.9 Å². The van der Waals surface area contributed by atoms with Crippen molar-refractivity contribution in [3.8, 4) is 0 Å². The van der Waals surface area contributed by atoms with Gasteiger partial charge in [0.25, 0.3) is 5.69 Å². The number of carbonyl (C=O) groups excluding carboxylic acids is 1. The highest BCUT2D eigenvalue weighted by Crippen LogP contribution is 2.35. The SMILES string of the molecule is O=C(CN1CCCC1c1ccc(Cl)c(Cl)c1)Nc1ccccc1[N+](=O)[O-]. The van der Waals surface area contributed by atoms with E-state index >= 15 is 0 Å². The van der Waals surface area contributed by atoms with Gasteiger partial charge in [-0.2, -0.15) is 0 Å². The molecular formula is C18H17Cl2N3O3. The predicted octanol–water partition coefficient (Wildman–Crippen LogP) is 4.68. The van der Waals surface area contributed by atoms with Crippen LogP contribution in [0.5, 0.6) is 0 Å². The Hall–Kier alpha value is -2.15. The molecular weight excluding hydrogens is 377 g/mol. The second kappa shape index (κ2) is 8.03. The minimum Gasteiger partial charge on any atom is -0.319 e. The van der Waals surface area contributed by atoms with Crippen molar-refractivity contribution in [2.75, 3.05) is 18.4 Å². The zero-order valence-electron chi connectivity index (χ0n) is 13.8. The first-order valence-electron chi connectivity index (χ1n) is 8.18. The third-order valence-electron chi connectivity index (χ3n) is 4.41. The Kier molecular flexibility index (Phi) is 5.76. The second-order valence-corrected chi connectivity index (χ2v) is 6.94. The molecule has 3 rings (SSSR count). The van der Waals surface area contributed by atoms with Crippen molar-refractivity contribution in [3.05, 3.63) is 68.2 Å². The van der Waals surface area contributed by atoms with Crippen LogP contribution in [0.15, 0.2) is 42.5 Å². The zero-order chi connectivity index (χ0) is 18.7. The normalized spacial score (nSPS) is 17.2. The molecule has 1 saturated heterocycles. The van der Waals surface area contributed by atoms with Gasteiger partial charge in [-0.3, -0.25) is 19.8 Å². The lowest BCUT2D eigenvalue weighted by atomic mass is 10.0. The van der Waals surface area contributed by atoms with Crippen molar-refractivity contribution in [1.29, 1.82) is 0 Å². The lowest BCUT2D eigenvalue weighted by molar-refractivity contribution is -0.383. The molecule has 1 unspecified atom stereocenters. The van der Waals surface area contributed by atoms with E-state index in [2.05, 4.69) is 5.32 Å². The number of likely N-dealkylation sites (tertiary alicyclic amines) is 1. The summed E-state index contributed by atoms with van der Waals surface area (Å²) >= 11 is 12.1. The Bertz CT molecular complexity index is 844. The molecule has 0 bridgehead atoms. The number of hydrogen-bond donors (Lipinski definition) is 1. The van der Waals surface area contributed by atoms with Crippen molar-refractivity contribution in [2.45, 2.75) is 18.9 Å². The van der Waals surface area contributed by atoms with E-state index in [1.54, 1.807) is 18.2 Å². The number of amides is 1. The van der Waals surface area contributed by atoms with Crippen molar-refractivity contribution in [2.24, 2.45) is 0 Å². The van der Waals surface area contributed by atoms with Crippen LogP contribution in [-0.4, -0.2) is 28.8 Å². The number of halogens is 2. The molecule has 1 aliphatic heterocycles. The standard InChI is InChI=1S/C18H17Cl2N3O3/c19-13-8-7-12(10-14(13)20)16-6-3-9-22(16)11-18(24)21-15-4-1-2-5-17(15)23(25)26/h1-2,4-5,7-8,10,16H,3,6,9,11H2,(H,21,24). The Morgan fingerprint density at radius 2 is 2.00 bits per heavy atom. The maximum atomic E-state index is 12.4. The molecule has 1 fully saturated rings. The van der Waals surface area contributed by atoms with Gasteiger partial charge in [-0.05, 0) is 43.1 Å². The smallest absolute Gasteiger partial charge is 0.292 e. The van der Waals surface area contributed by atoms with Gasteiger partial charge in [0.2, 0.25) is 5.91 Å². The Morgan fingerprint density at radius 3 is 2.73 bits per heavy atom. The first-order chi connectivity index (χ1) is 12.5. The molecule has 26 heavy (non-hydrogen) atoms. The van der Waals surface area contributed by atoms with Gasteiger partial charge in [0, 0.05) is 12.1 Å². The minimum absolute atomic E-state index is 0.0706. The number of anilines is 1. The van der Waals surface area contributed by atoms with E-state index in [0.717, 1.165) is 24.9 Å². The van der Waals surface area contributed by atoms with Crippen LogP contribution < -0.4 is 5.32 Å². The molecule has 0 aliphatic carbocycles. The molecule has 136 valence electrons. The summed E-state index contributed by atoms with van der Waals surface area (Å²) in [6.45, 7) is 0.923. The summed E-state index contributed by atoms with van der Waals surface area (Å²) in [5.74, 6) is -0.286. The Labute approximate surface area is 160 Å². The number of nitro groups is 1. The van der Waals surface area contributed by atoms with E-state index in [1.165, 1.54) is 12.1 Å². The van der Waals surface area contributed by atoms with E-state index in [-0.39, 0.29) is 29.9 Å². The molecule has 0 aromatic heterocycles. The fraction of sp³-hybridized carbons (Fsp3) is 0.278. The molecule has 0 saturated carbocycles. The average molecular weight is 394 g/mol. The molecule has 0 spiro atoms. The van der Waals surface area contributed by atoms with Gasteiger partial charge in [-0.1, -0.05) is 41.4 Å². The average Bonchev–Trinajstić information content (AvgIpc) is 3.05. The summed E-state index contributed by atoms with van der Waals surface area (Å²) in [6, 6.07) is 11.7. The second-order valence-electron chi connectivity index (χ2n) is 6.12. The van der Waals surface area contributed by atoms with Crippen LogP contribution in [0.1, 0.15) is 24.4 Å². The molecule has 1 amide bonds. The van der Waals surface area contributed by atoms with Crippen LogP contribution in [0, 0.1) is 10.1 Å². The fourth-order valence-corrected chi connectivity index (χ4v) is 3.53. The number of rotatable bonds is 5. The molecule has 1 atom stereocenters. The predicted molar refractivity (Wildman–Crippen MR) is 102 cm³/mol.